The fourth-order valence-corrected chi connectivity index (χ4v) is 3.12. The number of hydrogen-bond acceptors (Lipinski definition) is 2. The Morgan fingerprint density at radius 1 is 0.800 bits per heavy atom. The average Bonchev–Trinajstić information content (AvgIpc) is 2.57. The molecule has 136 valence electrons. The van der Waals surface area contributed by atoms with E-state index in [2.05, 4.69) is 6.92 Å². The number of carboxylic acids is 2. The van der Waals surface area contributed by atoms with Crippen molar-refractivity contribution in [2.24, 2.45) is 0 Å². The molecular formula is C20H31KO4. The predicted octanol–water partition coefficient (Wildman–Crippen LogP) is 4.37. The van der Waals surface area contributed by atoms with E-state index in [1.807, 2.05) is 0 Å². The van der Waals surface area contributed by atoms with Crippen molar-refractivity contribution in [3.05, 3.63) is 35.9 Å². The first-order valence-electron chi connectivity index (χ1n) is 9.08. The van der Waals surface area contributed by atoms with E-state index in [9.17, 15) is 19.8 Å². The molecule has 1 aromatic carbocycles. The molecule has 0 aromatic heterocycles. The summed E-state index contributed by atoms with van der Waals surface area (Å²) in [5.41, 5.74) is -1.48. The van der Waals surface area contributed by atoms with Crippen LogP contribution in [-0.4, -0.2) is 73.5 Å². The summed E-state index contributed by atoms with van der Waals surface area (Å²) in [6.45, 7) is 2.20. The molecular weight excluding hydrogens is 343 g/mol. The summed E-state index contributed by atoms with van der Waals surface area (Å²) < 4.78 is 0. The maximum absolute atomic E-state index is 11.7. The van der Waals surface area contributed by atoms with E-state index in [4.69, 9.17) is 0 Å². The van der Waals surface area contributed by atoms with Crippen LogP contribution in [0.25, 0.3) is 0 Å². The molecule has 0 aliphatic heterocycles. The Kier molecular flexibility index (Phi) is 13.8. The summed E-state index contributed by atoms with van der Waals surface area (Å²) in [6.07, 6.45) is 10.1. The van der Waals surface area contributed by atoms with Crippen LogP contribution < -0.4 is 0 Å². The van der Waals surface area contributed by atoms with Crippen LogP contribution in [0.5, 0.6) is 0 Å². The van der Waals surface area contributed by atoms with E-state index in [0.29, 0.717) is 12.0 Å². The van der Waals surface area contributed by atoms with E-state index >= 15 is 0 Å². The minimum absolute atomic E-state index is 0. The van der Waals surface area contributed by atoms with Gasteiger partial charge in [-0.2, -0.15) is 0 Å². The van der Waals surface area contributed by atoms with Crippen LogP contribution in [0.1, 0.15) is 76.7 Å². The topological polar surface area (TPSA) is 74.6 Å². The molecule has 1 rings (SSSR count). The molecule has 0 heterocycles. The Labute approximate surface area is 193 Å². The molecule has 0 bridgehead atoms. The van der Waals surface area contributed by atoms with Gasteiger partial charge in [0.25, 0.3) is 0 Å². The number of benzene rings is 1. The molecule has 0 aliphatic carbocycles. The maximum atomic E-state index is 11.7. The zero-order chi connectivity index (χ0) is 17.8. The molecule has 25 heavy (non-hydrogen) atoms. The van der Waals surface area contributed by atoms with Gasteiger partial charge in [0.05, 0.1) is 0 Å². The second-order valence-corrected chi connectivity index (χ2v) is 6.46. The molecule has 0 atom stereocenters. The fraction of sp³-hybridized carbons (Fsp3) is 0.600. The van der Waals surface area contributed by atoms with Crippen LogP contribution in [0.2, 0.25) is 0 Å². The molecule has 0 saturated heterocycles. The average molecular weight is 375 g/mol. The predicted molar refractivity (Wildman–Crippen MR) is 102 cm³/mol. The van der Waals surface area contributed by atoms with E-state index in [1.165, 1.54) is 32.1 Å². The van der Waals surface area contributed by atoms with Crippen molar-refractivity contribution in [3.8, 4) is 0 Å². The molecule has 0 aliphatic rings. The van der Waals surface area contributed by atoms with Gasteiger partial charge in [0.2, 0.25) is 0 Å². The summed E-state index contributed by atoms with van der Waals surface area (Å²) in [5.74, 6) is -2.55. The van der Waals surface area contributed by atoms with Crippen molar-refractivity contribution in [2.45, 2.75) is 76.5 Å². The third-order valence-electron chi connectivity index (χ3n) is 4.65. The second kappa shape index (κ2) is 13.9. The van der Waals surface area contributed by atoms with Crippen LogP contribution in [0.15, 0.2) is 30.3 Å². The van der Waals surface area contributed by atoms with Crippen molar-refractivity contribution in [1.82, 2.24) is 0 Å². The van der Waals surface area contributed by atoms with Gasteiger partial charge in [-0.1, -0.05) is 95.0 Å². The number of carboxylic acid groups (broad SMARTS) is 2. The van der Waals surface area contributed by atoms with Crippen molar-refractivity contribution < 1.29 is 19.8 Å². The standard InChI is InChI=1S/C20H30O4.K.H/c1-2-3-4-5-6-7-8-9-13-16-20(18(21)22,19(23)24)17-14-11-10-12-15-17;;/h10-12,14-15H,2-9,13,16H2,1H3,(H,21,22)(H,23,24);;. The third-order valence-corrected chi connectivity index (χ3v) is 4.65. The van der Waals surface area contributed by atoms with Crippen molar-refractivity contribution in [2.75, 3.05) is 0 Å². The number of rotatable bonds is 13. The number of hydrogen-bond donors (Lipinski definition) is 2. The Hall–Kier alpha value is -0.204. The molecule has 1 aromatic rings. The summed E-state index contributed by atoms with van der Waals surface area (Å²) >= 11 is 0. The van der Waals surface area contributed by atoms with Gasteiger partial charge in [-0.15, -0.1) is 0 Å². The molecule has 0 saturated carbocycles. The molecule has 0 spiro atoms. The normalized spacial score (nSPS) is 10.9. The zero-order valence-electron chi connectivity index (χ0n) is 14.7. The van der Waals surface area contributed by atoms with Gasteiger partial charge < -0.3 is 10.2 Å². The van der Waals surface area contributed by atoms with Gasteiger partial charge in [-0.05, 0) is 12.0 Å². The monoisotopic (exact) mass is 374 g/mol. The molecule has 5 heteroatoms. The molecule has 0 unspecified atom stereocenters. The van der Waals surface area contributed by atoms with Gasteiger partial charge in [0.1, 0.15) is 0 Å². The summed E-state index contributed by atoms with van der Waals surface area (Å²) in [4.78, 5) is 23.5. The number of carbonyl (C=O) groups is 2. The van der Waals surface area contributed by atoms with Crippen molar-refractivity contribution >= 4 is 63.3 Å². The first-order valence-corrected chi connectivity index (χ1v) is 9.08. The Morgan fingerprint density at radius 3 is 1.68 bits per heavy atom. The second-order valence-electron chi connectivity index (χ2n) is 6.46. The van der Waals surface area contributed by atoms with Gasteiger partial charge in [0, 0.05) is 0 Å². The summed E-state index contributed by atoms with van der Waals surface area (Å²) in [7, 11) is 0. The molecule has 0 radical (unpaired) electrons. The third kappa shape index (κ3) is 7.91. The number of unbranched alkanes of at least 4 members (excludes halogenated alkanes) is 8. The SMILES string of the molecule is CCCCCCCCCCCC(C(=O)O)(C(=O)O)c1ccccc1.[KH]. The van der Waals surface area contributed by atoms with Crippen LogP contribution in [0.4, 0.5) is 0 Å². The first kappa shape index (κ1) is 24.8. The molecule has 2 N–H and O–H groups in total. The summed E-state index contributed by atoms with van der Waals surface area (Å²) in [6, 6.07) is 8.32. The van der Waals surface area contributed by atoms with E-state index < -0.39 is 17.4 Å². The minimum atomic E-state index is -1.83. The Balaban J connectivity index is 0.00000576. The fourth-order valence-electron chi connectivity index (χ4n) is 3.12. The Bertz CT molecular complexity index is 488. The van der Waals surface area contributed by atoms with Crippen LogP contribution in [0, 0.1) is 0 Å². The summed E-state index contributed by atoms with van der Waals surface area (Å²) in [5, 5.41) is 19.2. The van der Waals surface area contributed by atoms with Gasteiger partial charge in [0.15, 0.2) is 5.41 Å². The van der Waals surface area contributed by atoms with Gasteiger partial charge in [-0.25, -0.2) is 0 Å². The van der Waals surface area contributed by atoms with E-state index in [1.54, 1.807) is 30.3 Å². The van der Waals surface area contributed by atoms with Crippen LogP contribution in [-0.2, 0) is 15.0 Å². The molecule has 0 fully saturated rings. The quantitative estimate of drug-likeness (QED) is 0.305. The molecule has 4 nitrogen and oxygen atoms in total. The van der Waals surface area contributed by atoms with Crippen molar-refractivity contribution in [3.63, 3.8) is 0 Å². The zero-order valence-corrected chi connectivity index (χ0v) is 14.7. The van der Waals surface area contributed by atoms with Crippen LogP contribution in [0.3, 0.4) is 0 Å². The van der Waals surface area contributed by atoms with E-state index in [0.717, 1.165) is 19.3 Å². The first-order chi connectivity index (χ1) is 11.6. The number of aliphatic carboxylic acids is 2. The molecule has 0 amide bonds. The van der Waals surface area contributed by atoms with Gasteiger partial charge >= 0.3 is 63.3 Å². The van der Waals surface area contributed by atoms with E-state index in [-0.39, 0.29) is 57.8 Å². The van der Waals surface area contributed by atoms with Gasteiger partial charge in [-0.3, -0.25) is 9.59 Å². The van der Waals surface area contributed by atoms with Crippen LogP contribution >= 0.6 is 0 Å². The Morgan fingerprint density at radius 2 is 1.24 bits per heavy atom. The van der Waals surface area contributed by atoms with Crippen molar-refractivity contribution in [1.29, 1.82) is 0 Å².